The molecule has 2 N–H and O–H groups in total. The Morgan fingerprint density at radius 3 is 2.89 bits per heavy atom. The Kier molecular flexibility index (Phi) is 2.38. The first-order valence-electron chi connectivity index (χ1n) is 6.34. The van der Waals surface area contributed by atoms with Crippen LogP contribution in [0.5, 0.6) is 0 Å². The predicted molar refractivity (Wildman–Crippen MR) is 70.6 cm³/mol. The second kappa shape index (κ2) is 3.72. The Bertz CT molecular complexity index is 511. The molecule has 0 saturated carbocycles. The van der Waals surface area contributed by atoms with Gasteiger partial charge >= 0.3 is 0 Å². The molecule has 18 heavy (non-hydrogen) atoms. The van der Waals surface area contributed by atoms with Crippen molar-refractivity contribution in [3.05, 3.63) is 23.8 Å². The molecule has 0 aromatic heterocycles. The summed E-state index contributed by atoms with van der Waals surface area (Å²) < 4.78 is 0. The van der Waals surface area contributed by atoms with Crippen molar-refractivity contribution in [1.82, 2.24) is 0 Å². The molecule has 1 fully saturated rings. The molecule has 1 unspecified atom stereocenters. The molecule has 0 spiro atoms. The first kappa shape index (κ1) is 11.5. The molecule has 0 aliphatic carbocycles. The molecule has 0 bridgehead atoms. The van der Waals surface area contributed by atoms with E-state index in [9.17, 15) is 9.90 Å². The number of carbonyl (C=O) groups excluding carboxylic acids is 1. The molecule has 1 aromatic carbocycles. The Hall–Kier alpha value is -1.55. The van der Waals surface area contributed by atoms with Gasteiger partial charge < -0.3 is 15.3 Å². The van der Waals surface area contributed by atoms with E-state index < -0.39 is 6.10 Å². The molecule has 4 nitrogen and oxygen atoms in total. The zero-order valence-corrected chi connectivity index (χ0v) is 10.7. The highest BCUT2D eigenvalue weighted by atomic mass is 16.3. The van der Waals surface area contributed by atoms with Gasteiger partial charge in [-0.25, -0.2) is 0 Å². The Morgan fingerprint density at radius 2 is 2.22 bits per heavy atom. The number of hydrogen-bond donors (Lipinski definition) is 2. The van der Waals surface area contributed by atoms with Gasteiger partial charge in [-0.15, -0.1) is 0 Å². The van der Waals surface area contributed by atoms with Crippen molar-refractivity contribution in [1.29, 1.82) is 0 Å². The van der Waals surface area contributed by atoms with Crippen molar-refractivity contribution in [2.75, 3.05) is 23.3 Å². The number of nitrogens with one attached hydrogen (secondary N) is 1. The molecule has 1 saturated heterocycles. The van der Waals surface area contributed by atoms with Gasteiger partial charge in [0.25, 0.3) is 5.91 Å². The van der Waals surface area contributed by atoms with Crippen LogP contribution in [0.25, 0.3) is 0 Å². The molecule has 0 radical (unpaired) electrons. The summed E-state index contributed by atoms with van der Waals surface area (Å²) in [6, 6.07) is 5.80. The van der Waals surface area contributed by atoms with Gasteiger partial charge in [-0.3, -0.25) is 4.79 Å². The number of anilines is 2. The third kappa shape index (κ3) is 1.77. The highest BCUT2D eigenvalue weighted by Crippen LogP contribution is 2.37. The summed E-state index contributed by atoms with van der Waals surface area (Å²) in [5.74, 6) is -0.330. The fraction of sp³-hybridized carbons (Fsp3) is 0.500. The second-order valence-electron chi connectivity index (χ2n) is 6.00. The first-order chi connectivity index (χ1) is 8.46. The highest BCUT2D eigenvalue weighted by molar-refractivity contribution is 6.02. The Balaban J connectivity index is 1.89. The van der Waals surface area contributed by atoms with Crippen molar-refractivity contribution in [3.63, 3.8) is 0 Å². The predicted octanol–water partition coefficient (Wildman–Crippen LogP) is 1.91. The summed E-state index contributed by atoms with van der Waals surface area (Å²) >= 11 is 0. The molecule has 1 amide bonds. The number of carbonyl (C=O) groups is 1. The van der Waals surface area contributed by atoms with Crippen molar-refractivity contribution in [2.45, 2.75) is 26.4 Å². The lowest BCUT2D eigenvalue weighted by Gasteiger charge is -2.22. The SMILES string of the molecule is CC1(C)CCN(c2ccc3c(c2)NC(=O)C3O)C1. The van der Waals surface area contributed by atoms with E-state index in [-0.39, 0.29) is 5.91 Å². The molecule has 2 aliphatic heterocycles. The van der Waals surface area contributed by atoms with Crippen LogP contribution in [0.1, 0.15) is 31.9 Å². The van der Waals surface area contributed by atoms with Crippen molar-refractivity contribution >= 4 is 17.3 Å². The largest absolute Gasteiger partial charge is 0.378 e. The van der Waals surface area contributed by atoms with E-state index in [1.54, 1.807) is 0 Å². The Morgan fingerprint density at radius 1 is 1.44 bits per heavy atom. The number of hydrogen-bond acceptors (Lipinski definition) is 3. The molecule has 4 heteroatoms. The third-order valence-electron chi connectivity index (χ3n) is 3.88. The van der Waals surface area contributed by atoms with E-state index in [4.69, 9.17) is 0 Å². The fourth-order valence-electron chi connectivity index (χ4n) is 2.76. The number of nitrogens with zero attached hydrogens (tertiary/aromatic N) is 1. The van der Waals surface area contributed by atoms with Crippen LogP contribution in [-0.2, 0) is 4.79 Å². The van der Waals surface area contributed by atoms with Crippen LogP contribution in [0.15, 0.2) is 18.2 Å². The monoisotopic (exact) mass is 246 g/mol. The minimum atomic E-state index is -1.01. The van der Waals surface area contributed by atoms with Crippen LogP contribution in [0.3, 0.4) is 0 Å². The molecular weight excluding hydrogens is 228 g/mol. The van der Waals surface area contributed by atoms with Gasteiger partial charge in [0.1, 0.15) is 0 Å². The summed E-state index contributed by atoms with van der Waals surface area (Å²) in [7, 11) is 0. The van der Waals surface area contributed by atoms with Gasteiger partial charge in [-0.05, 0) is 24.0 Å². The zero-order chi connectivity index (χ0) is 12.9. The number of aliphatic hydroxyl groups excluding tert-OH is 1. The van der Waals surface area contributed by atoms with Crippen LogP contribution in [0.4, 0.5) is 11.4 Å². The maximum atomic E-state index is 11.4. The van der Waals surface area contributed by atoms with E-state index in [1.165, 1.54) is 6.42 Å². The Labute approximate surface area is 107 Å². The second-order valence-corrected chi connectivity index (χ2v) is 6.00. The maximum absolute atomic E-state index is 11.4. The minimum Gasteiger partial charge on any atom is -0.378 e. The summed E-state index contributed by atoms with van der Waals surface area (Å²) in [4.78, 5) is 13.7. The lowest BCUT2D eigenvalue weighted by molar-refractivity contribution is -0.123. The van der Waals surface area contributed by atoms with Crippen LogP contribution >= 0.6 is 0 Å². The van der Waals surface area contributed by atoms with Crippen molar-refractivity contribution in [3.8, 4) is 0 Å². The summed E-state index contributed by atoms with van der Waals surface area (Å²) in [6.07, 6.45) is 0.170. The van der Waals surface area contributed by atoms with Crippen molar-refractivity contribution < 1.29 is 9.90 Å². The molecule has 1 aromatic rings. The maximum Gasteiger partial charge on any atom is 0.257 e. The molecule has 2 aliphatic rings. The zero-order valence-electron chi connectivity index (χ0n) is 10.7. The van der Waals surface area contributed by atoms with Gasteiger partial charge in [0, 0.05) is 30.0 Å². The van der Waals surface area contributed by atoms with E-state index in [0.29, 0.717) is 11.0 Å². The minimum absolute atomic E-state index is 0.330. The van der Waals surface area contributed by atoms with Gasteiger partial charge in [-0.2, -0.15) is 0 Å². The van der Waals surface area contributed by atoms with Gasteiger partial charge in [-0.1, -0.05) is 19.9 Å². The lowest BCUT2D eigenvalue weighted by atomic mass is 9.93. The summed E-state index contributed by atoms with van der Waals surface area (Å²) in [6.45, 7) is 6.61. The van der Waals surface area contributed by atoms with Crippen LogP contribution in [0, 0.1) is 5.41 Å². The molecule has 2 heterocycles. The first-order valence-corrected chi connectivity index (χ1v) is 6.34. The lowest BCUT2D eigenvalue weighted by Crippen LogP contribution is -2.22. The summed E-state index contributed by atoms with van der Waals surface area (Å²) in [5, 5.41) is 12.4. The van der Waals surface area contributed by atoms with Gasteiger partial charge in [0.15, 0.2) is 6.10 Å². The van der Waals surface area contributed by atoms with E-state index in [1.807, 2.05) is 18.2 Å². The number of benzene rings is 1. The average molecular weight is 246 g/mol. The number of fused-ring (bicyclic) bond motifs is 1. The summed E-state index contributed by atoms with van der Waals surface area (Å²) in [5.41, 5.74) is 2.90. The van der Waals surface area contributed by atoms with E-state index in [0.717, 1.165) is 24.5 Å². The third-order valence-corrected chi connectivity index (χ3v) is 3.88. The van der Waals surface area contributed by atoms with Crippen LogP contribution in [0.2, 0.25) is 0 Å². The number of aliphatic hydroxyl groups is 1. The van der Waals surface area contributed by atoms with Gasteiger partial charge in [0.2, 0.25) is 0 Å². The normalized spacial score (nSPS) is 25.2. The fourth-order valence-corrected chi connectivity index (χ4v) is 2.76. The molecule has 1 atom stereocenters. The number of amides is 1. The topological polar surface area (TPSA) is 52.6 Å². The number of rotatable bonds is 1. The molecular formula is C14H18N2O2. The quantitative estimate of drug-likeness (QED) is 0.796. The highest BCUT2D eigenvalue weighted by Gasteiger charge is 2.32. The van der Waals surface area contributed by atoms with E-state index in [2.05, 4.69) is 24.1 Å². The molecule has 96 valence electrons. The van der Waals surface area contributed by atoms with Crippen LogP contribution in [-0.4, -0.2) is 24.1 Å². The molecule has 3 rings (SSSR count). The van der Waals surface area contributed by atoms with Gasteiger partial charge in [0.05, 0.1) is 0 Å². The smallest absolute Gasteiger partial charge is 0.257 e. The van der Waals surface area contributed by atoms with Crippen LogP contribution < -0.4 is 10.2 Å². The van der Waals surface area contributed by atoms with Crippen molar-refractivity contribution in [2.24, 2.45) is 5.41 Å². The standard InChI is InChI=1S/C14H18N2O2/c1-14(2)5-6-16(8-14)9-3-4-10-11(7-9)15-13(18)12(10)17/h3-4,7,12,17H,5-6,8H2,1-2H3,(H,15,18). The van der Waals surface area contributed by atoms with E-state index >= 15 is 0 Å². The average Bonchev–Trinajstić information content (AvgIpc) is 2.80.